The Labute approximate surface area is 139 Å². The summed E-state index contributed by atoms with van der Waals surface area (Å²) >= 11 is 0. The molecule has 1 amide bonds. The number of rotatable bonds is 4. The Morgan fingerprint density at radius 3 is 2.12 bits per heavy atom. The summed E-state index contributed by atoms with van der Waals surface area (Å²) in [5, 5.41) is 3.88. The Morgan fingerprint density at radius 1 is 0.833 bits per heavy atom. The molecule has 0 radical (unpaired) electrons. The second-order valence-electron chi connectivity index (χ2n) is 5.19. The molecule has 0 saturated heterocycles. The predicted molar refractivity (Wildman–Crippen MR) is 93.3 cm³/mol. The Morgan fingerprint density at radius 2 is 1.46 bits per heavy atom. The number of benzene rings is 3. The van der Waals surface area contributed by atoms with Crippen molar-refractivity contribution in [3.05, 3.63) is 95.8 Å². The molecule has 0 saturated carbocycles. The molecule has 0 aliphatic heterocycles. The van der Waals surface area contributed by atoms with Gasteiger partial charge in [-0.15, -0.1) is 0 Å². The van der Waals surface area contributed by atoms with Crippen molar-refractivity contribution >= 4 is 12.1 Å². The summed E-state index contributed by atoms with van der Waals surface area (Å²) in [5.74, 6) is -0.609. The van der Waals surface area contributed by atoms with Crippen molar-refractivity contribution in [2.45, 2.75) is 0 Å². The standard InChI is InChI=1S/C20H15FN2O/c21-19-12-6-15(7-13-19)14-22-23-20(24)18-10-8-17(9-11-18)16-4-2-1-3-5-16/h1-14H,(H,23,24). The zero-order valence-electron chi connectivity index (χ0n) is 12.8. The largest absolute Gasteiger partial charge is 0.271 e. The number of nitrogens with zero attached hydrogens (tertiary/aromatic N) is 1. The van der Waals surface area contributed by atoms with Crippen LogP contribution < -0.4 is 5.43 Å². The number of hydrazone groups is 1. The smallest absolute Gasteiger partial charge is 0.267 e. The summed E-state index contributed by atoms with van der Waals surface area (Å²) in [6.07, 6.45) is 1.47. The highest BCUT2D eigenvalue weighted by Gasteiger charge is 2.04. The summed E-state index contributed by atoms with van der Waals surface area (Å²) < 4.78 is 12.8. The molecule has 0 aromatic heterocycles. The first-order chi connectivity index (χ1) is 11.7. The van der Waals surface area contributed by atoms with Crippen molar-refractivity contribution in [2.24, 2.45) is 5.10 Å². The van der Waals surface area contributed by atoms with Crippen LogP contribution >= 0.6 is 0 Å². The molecule has 0 heterocycles. The average molecular weight is 318 g/mol. The van der Waals surface area contributed by atoms with E-state index in [2.05, 4.69) is 10.5 Å². The van der Waals surface area contributed by atoms with Gasteiger partial charge in [0.2, 0.25) is 0 Å². The van der Waals surface area contributed by atoms with E-state index < -0.39 is 0 Å². The first-order valence-corrected chi connectivity index (χ1v) is 7.47. The van der Waals surface area contributed by atoms with Crippen LogP contribution in [-0.2, 0) is 0 Å². The molecule has 1 N–H and O–H groups in total. The van der Waals surface area contributed by atoms with Gasteiger partial charge >= 0.3 is 0 Å². The molecule has 0 aliphatic rings. The lowest BCUT2D eigenvalue weighted by atomic mass is 10.0. The lowest BCUT2D eigenvalue weighted by Gasteiger charge is -2.03. The lowest BCUT2D eigenvalue weighted by Crippen LogP contribution is -2.17. The molecule has 3 rings (SSSR count). The third-order valence-corrected chi connectivity index (χ3v) is 3.50. The van der Waals surface area contributed by atoms with E-state index in [1.165, 1.54) is 18.3 Å². The molecule has 0 aliphatic carbocycles. The van der Waals surface area contributed by atoms with Gasteiger partial charge in [0.25, 0.3) is 5.91 Å². The molecule has 3 aromatic rings. The van der Waals surface area contributed by atoms with Crippen LogP contribution in [0.25, 0.3) is 11.1 Å². The van der Waals surface area contributed by atoms with Gasteiger partial charge in [0, 0.05) is 5.56 Å². The van der Waals surface area contributed by atoms with Crippen molar-refractivity contribution in [3.63, 3.8) is 0 Å². The first-order valence-electron chi connectivity index (χ1n) is 7.47. The van der Waals surface area contributed by atoms with E-state index >= 15 is 0 Å². The van der Waals surface area contributed by atoms with Gasteiger partial charge in [0.1, 0.15) is 5.82 Å². The lowest BCUT2D eigenvalue weighted by molar-refractivity contribution is 0.0955. The second kappa shape index (κ2) is 7.33. The fourth-order valence-electron chi connectivity index (χ4n) is 2.22. The van der Waals surface area contributed by atoms with Gasteiger partial charge in [-0.05, 0) is 41.0 Å². The molecule has 3 nitrogen and oxygen atoms in total. The van der Waals surface area contributed by atoms with Gasteiger partial charge in [0.15, 0.2) is 0 Å². The number of halogens is 1. The molecule has 0 bridgehead atoms. The van der Waals surface area contributed by atoms with Crippen molar-refractivity contribution in [2.75, 3.05) is 0 Å². The quantitative estimate of drug-likeness (QED) is 0.567. The molecule has 0 fully saturated rings. The Balaban J connectivity index is 1.64. The number of carbonyl (C=O) groups is 1. The van der Waals surface area contributed by atoms with E-state index in [-0.39, 0.29) is 11.7 Å². The summed E-state index contributed by atoms with van der Waals surface area (Å²) in [4.78, 5) is 12.1. The Bertz CT molecular complexity index is 841. The van der Waals surface area contributed by atoms with Gasteiger partial charge in [-0.25, -0.2) is 9.82 Å². The number of carbonyl (C=O) groups excluding carboxylic acids is 1. The van der Waals surface area contributed by atoms with Crippen molar-refractivity contribution in [1.29, 1.82) is 0 Å². The van der Waals surface area contributed by atoms with E-state index in [9.17, 15) is 9.18 Å². The van der Waals surface area contributed by atoms with Crippen LogP contribution in [0, 0.1) is 5.82 Å². The van der Waals surface area contributed by atoms with E-state index in [1.54, 1.807) is 24.3 Å². The van der Waals surface area contributed by atoms with Crippen LogP contribution in [-0.4, -0.2) is 12.1 Å². The van der Waals surface area contributed by atoms with Crippen molar-refractivity contribution in [3.8, 4) is 11.1 Å². The molecule has 0 spiro atoms. The molecule has 118 valence electrons. The maximum Gasteiger partial charge on any atom is 0.271 e. The van der Waals surface area contributed by atoms with Crippen LogP contribution in [0.4, 0.5) is 4.39 Å². The third-order valence-electron chi connectivity index (χ3n) is 3.50. The highest BCUT2D eigenvalue weighted by atomic mass is 19.1. The second-order valence-corrected chi connectivity index (χ2v) is 5.19. The minimum absolute atomic E-state index is 0.298. The van der Waals surface area contributed by atoms with Gasteiger partial charge in [0.05, 0.1) is 6.21 Å². The molecule has 0 unspecified atom stereocenters. The minimum atomic E-state index is -0.310. The normalized spacial score (nSPS) is 10.7. The summed E-state index contributed by atoms with van der Waals surface area (Å²) in [6.45, 7) is 0. The van der Waals surface area contributed by atoms with E-state index in [1.807, 2.05) is 42.5 Å². The van der Waals surface area contributed by atoms with E-state index in [0.717, 1.165) is 11.1 Å². The van der Waals surface area contributed by atoms with Gasteiger partial charge in [-0.2, -0.15) is 5.10 Å². The maximum absolute atomic E-state index is 12.8. The van der Waals surface area contributed by atoms with E-state index in [4.69, 9.17) is 0 Å². The zero-order chi connectivity index (χ0) is 16.8. The SMILES string of the molecule is O=C(NN=Cc1ccc(F)cc1)c1ccc(-c2ccccc2)cc1. The minimum Gasteiger partial charge on any atom is -0.267 e. The van der Waals surface area contributed by atoms with Crippen LogP contribution in [0.1, 0.15) is 15.9 Å². The predicted octanol–water partition coefficient (Wildman–Crippen LogP) is 4.26. The fourth-order valence-corrected chi connectivity index (χ4v) is 2.22. The number of amides is 1. The number of hydrogen-bond donors (Lipinski definition) is 1. The van der Waals surface area contributed by atoms with Gasteiger partial charge in [-0.3, -0.25) is 4.79 Å². The van der Waals surface area contributed by atoms with Crippen LogP contribution in [0.5, 0.6) is 0 Å². The van der Waals surface area contributed by atoms with Gasteiger partial charge < -0.3 is 0 Å². The van der Waals surface area contributed by atoms with Crippen LogP contribution in [0.15, 0.2) is 84.0 Å². The number of hydrogen-bond acceptors (Lipinski definition) is 2. The van der Waals surface area contributed by atoms with Gasteiger partial charge in [-0.1, -0.05) is 54.6 Å². The Kier molecular flexibility index (Phi) is 4.77. The fraction of sp³-hybridized carbons (Fsp3) is 0. The molecule has 0 atom stereocenters. The third kappa shape index (κ3) is 3.93. The molecule has 24 heavy (non-hydrogen) atoms. The summed E-state index contributed by atoms with van der Waals surface area (Å²) in [5.41, 5.74) is 5.82. The summed E-state index contributed by atoms with van der Waals surface area (Å²) in [7, 11) is 0. The molecular formula is C20H15FN2O. The van der Waals surface area contributed by atoms with E-state index in [0.29, 0.717) is 11.1 Å². The van der Waals surface area contributed by atoms with Crippen molar-refractivity contribution < 1.29 is 9.18 Å². The van der Waals surface area contributed by atoms with Crippen molar-refractivity contribution in [1.82, 2.24) is 5.43 Å². The summed E-state index contributed by atoms with van der Waals surface area (Å²) in [6, 6.07) is 23.1. The number of nitrogens with one attached hydrogen (secondary N) is 1. The topological polar surface area (TPSA) is 41.5 Å². The zero-order valence-corrected chi connectivity index (χ0v) is 12.8. The molecule has 3 aromatic carbocycles. The van der Waals surface area contributed by atoms with Crippen LogP contribution in [0.2, 0.25) is 0 Å². The molecular weight excluding hydrogens is 303 g/mol. The monoisotopic (exact) mass is 318 g/mol. The highest BCUT2D eigenvalue weighted by molar-refractivity contribution is 5.95. The average Bonchev–Trinajstić information content (AvgIpc) is 2.64. The highest BCUT2D eigenvalue weighted by Crippen LogP contribution is 2.19. The Hall–Kier alpha value is -3.27. The molecule has 4 heteroatoms. The first kappa shape index (κ1) is 15.6. The van der Waals surface area contributed by atoms with Crippen LogP contribution in [0.3, 0.4) is 0 Å². The maximum atomic E-state index is 12.8.